The summed E-state index contributed by atoms with van der Waals surface area (Å²) in [6, 6.07) is 7.01. The highest BCUT2D eigenvalue weighted by Crippen LogP contribution is 2.25. The van der Waals surface area contributed by atoms with Gasteiger partial charge in [0.15, 0.2) is 0 Å². The molecule has 1 N–H and O–H groups in total. The lowest BCUT2D eigenvalue weighted by atomic mass is 10.1. The first kappa shape index (κ1) is 11.9. The fourth-order valence-electron chi connectivity index (χ4n) is 1.49. The zero-order valence-corrected chi connectivity index (χ0v) is 8.82. The van der Waals surface area contributed by atoms with Crippen molar-refractivity contribution in [3.05, 3.63) is 29.8 Å². The van der Waals surface area contributed by atoms with Crippen LogP contribution in [0.1, 0.15) is 18.6 Å². The Morgan fingerprint density at radius 2 is 1.93 bits per heavy atom. The summed E-state index contributed by atoms with van der Waals surface area (Å²) in [4.78, 5) is 1.45. The van der Waals surface area contributed by atoms with E-state index >= 15 is 0 Å². The van der Waals surface area contributed by atoms with Crippen LogP contribution in [0.15, 0.2) is 24.3 Å². The highest BCUT2D eigenvalue weighted by Gasteiger charge is 2.13. The van der Waals surface area contributed by atoms with Crippen LogP contribution in [0.5, 0.6) is 0 Å². The first-order valence-electron chi connectivity index (χ1n) is 4.78. The fourth-order valence-corrected chi connectivity index (χ4v) is 1.49. The van der Waals surface area contributed by atoms with Crippen molar-refractivity contribution in [1.29, 1.82) is 0 Å². The number of nitrogens with zero attached hydrogens (tertiary/aromatic N) is 1. The highest BCUT2D eigenvalue weighted by molar-refractivity contribution is 5.53. The third-order valence-electron chi connectivity index (χ3n) is 2.21. The molecule has 1 aromatic rings. The third-order valence-corrected chi connectivity index (χ3v) is 2.21. The average molecular weight is 215 g/mol. The number of rotatable bonds is 4. The Hall–Kier alpha value is -1.16. The molecule has 0 aliphatic carbocycles. The van der Waals surface area contributed by atoms with Crippen molar-refractivity contribution in [3.63, 3.8) is 0 Å². The first-order chi connectivity index (χ1) is 7.02. The molecule has 1 rings (SSSR count). The molecule has 0 aliphatic rings. The molecule has 0 spiro atoms. The molecule has 4 heteroatoms. The Kier molecular flexibility index (Phi) is 4.03. The molecule has 0 aliphatic heterocycles. The molecule has 15 heavy (non-hydrogen) atoms. The molecular weight excluding hydrogens is 200 g/mol. The molecule has 0 saturated carbocycles. The molecular formula is C11H15F2NO. The van der Waals surface area contributed by atoms with Crippen LogP contribution >= 0.6 is 0 Å². The number of hydrogen-bond acceptors (Lipinski definition) is 2. The number of halogens is 2. The number of benzene rings is 1. The van der Waals surface area contributed by atoms with Crippen LogP contribution in [0.2, 0.25) is 0 Å². The Balaban J connectivity index is 2.92. The minimum Gasteiger partial charge on any atom is -0.389 e. The van der Waals surface area contributed by atoms with Gasteiger partial charge in [-0.3, -0.25) is 0 Å². The van der Waals surface area contributed by atoms with Crippen molar-refractivity contribution < 1.29 is 13.9 Å². The summed E-state index contributed by atoms with van der Waals surface area (Å²) < 4.78 is 24.4. The van der Waals surface area contributed by atoms with Crippen molar-refractivity contribution >= 4 is 5.69 Å². The molecule has 0 fully saturated rings. The number of alkyl halides is 2. The number of hydrogen-bond donors (Lipinski definition) is 1. The smallest absolute Gasteiger partial charge is 0.255 e. The molecule has 0 aromatic heterocycles. The van der Waals surface area contributed by atoms with Gasteiger partial charge in [-0.05, 0) is 13.0 Å². The van der Waals surface area contributed by atoms with Gasteiger partial charge in [0.2, 0.25) is 0 Å². The zero-order valence-electron chi connectivity index (χ0n) is 8.82. The maximum absolute atomic E-state index is 12.2. The lowest BCUT2D eigenvalue weighted by molar-refractivity contribution is 0.156. The summed E-state index contributed by atoms with van der Waals surface area (Å²) in [7, 11) is 1.59. The largest absolute Gasteiger partial charge is 0.389 e. The van der Waals surface area contributed by atoms with Crippen molar-refractivity contribution in [1.82, 2.24) is 0 Å². The number of aliphatic hydroxyl groups excluding tert-OH is 1. The second-order valence-corrected chi connectivity index (χ2v) is 3.51. The Morgan fingerprint density at radius 3 is 2.47 bits per heavy atom. The maximum Gasteiger partial charge on any atom is 0.255 e. The molecule has 0 heterocycles. The van der Waals surface area contributed by atoms with Crippen LogP contribution in [0.25, 0.3) is 0 Å². The van der Waals surface area contributed by atoms with Crippen LogP contribution in [0.3, 0.4) is 0 Å². The lowest BCUT2D eigenvalue weighted by Crippen LogP contribution is -2.25. The van der Waals surface area contributed by atoms with E-state index < -0.39 is 12.5 Å². The quantitative estimate of drug-likeness (QED) is 0.833. The van der Waals surface area contributed by atoms with Gasteiger partial charge >= 0.3 is 0 Å². The van der Waals surface area contributed by atoms with Crippen LogP contribution in [0, 0.1) is 0 Å². The van der Waals surface area contributed by atoms with Gasteiger partial charge in [-0.1, -0.05) is 18.2 Å². The van der Waals surface area contributed by atoms with Crippen LogP contribution in [0.4, 0.5) is 14.5 Å². The van der Waals surface area contributed by atoms with Gasteiger partial charge in [0.25, 0.3) is 6.43 Å². The second kappa shape index (κ2) is 5.07. The molecule has 0 saturated heterocycles. The van der Waals surface area contributed by atoms with Gasteiger partial charge in [0, 0.05) is 18.3 Å². The summed E-state index contributed by atoms with van der Waals surface area (Å²) in [6.07, 6.45) is -3.03. The van der Waals surface area contributed by atoms with E-state index in [1.165, 1.54) is 4.90 Å². The Labute approximate surface area is 88.1 Å². The number of para-hydroxylation sites is 1. The van der Waals surface area contributed by atoms with Gasteiger partial charge in [-0.2, -0.15) is 0 Å². The summed E-state index contributed by atoms with van der Waals surface area (Å²) >= 11 is 0. The van der Waals surface area contributed by atoms with E-state index in [0.29, 0.717) is 11.3 Å². The van der Waals surface area contributed by atoms with Crippen LogP contribution < -0.4 is 4.90 Å². The van der Waals surface area contributed by atoms with Gasteiger partial charge < -0.3 is 10.0 Å². The van der Waals surface area contributed by atoms with Crippen molar-refractivity contribution in [2.24, 2.45) is 0 Å². The van der Waals surface area contributed by atoms with Crippen LogP contribution in [-0.2, 0) is 0 Å². The zero-order chi connectivity index (χ0) is 11.4. The molecule has 84 valence electrons. The number of anilines is 1. The third kappa shape index (κ3) is 3.16. The van der Waals surface area contributed by atoms with E-state index in [9.17, 15) is 13.9 Å². The van der Waals surface area contributed by atoms with Gasteiger partial charge in [-0.15, -0.1) is 0 Å². The molecule has 0 amide bonds. The predicted molar refractivity (Wildman–Crippen MR) is 56.3 cm³/mol. The summed E-state index contributed by atoms with van der Waals surface area (Å²) in [6.45, 7) is 1.29. The summed E-state index contributed by atoms with van der Waals surface area (Å²) in [5, 5.41) is 9.47. The van der Waals surface area contributed by atoms with Gasteiger partial charge in [-0.25, -0.2) is 8.78 Å². The van der Waals surface area contributed by atoms with Crippen LogP contribution in [-0.4, -0.2) is 25.1 Å². The normalized spacial score (nSPS) is 12.9. The predicted octanol–water partition coefficient (Wildman–Crippen LogP) is 2.44. The summed E-state index contributed by atoms with van der Waals surface area (Å²) in [5.41, 5.74) is 1.31. The van der Waals surface area contributed by atoms with E-state index in [0.717, 1.165) is 0 Å². The van der Waals surface area contributed by atoms with E-state index in [1.807, 2.05) is 0 Å². The van der Waals surface area contributed by atoms with E-state index in [2.05, 4.69) is 0 Å². The van der Waals surface area contributed by atoms with Crippen molar-refractivity contribution in [2.45, 2.75) is 19.5 Å². The second-order valence-electron chi connectivity index (χ2n) is 3.51. The maximum atomic E-state index is 12.2. The molecule has 1 aromatic carbocycles. The molecule has 0 radical (unpaired) electrons. The van der Waals surface area contributed by atoms with E-state index in [-0.39, 0.29) is 6.54 Å². The first-order valence-corrected chi connectivity index (χ1v) is 4.78. The molecule has 1 atom stereocenters. The van der Waals surface area contributed by atoms with Gasteiger partial charge in [0.05, 0.1) is 12.6 Å². The Bertz CT molecular complexity index is 315. The van der Waals surface area contributed by atoms with Crippen molar-refractivity contribution in [3.8, 4) is 0 Å². The molecule has 0 unspecified atom stereocenters. The Morgan fingerprint density at radius 1 is 1.33 bits per heavy atom. The fraction of sp³-hybridized carbons (Fsp3) is 0.455. The summed E-state index contributed by atoms with van der Waals surface area (Å²) in [5.74, 6) is 0. The van der Waals surface area contributed by atoms with Gasteiger partial charge in [0.1, 0.15) is 0 Å². The highest BCUT2D eigenvalue weighted by atomic mass is 19.3. The SMILES string of the molecule is C[C@@H](O)c1ccccc1N(C)CC(F)F. The minimum absolute atomic E-state index is 0.330. The lowest BCUT2D eigenvalue weighted by Gasteiger charge is -2.23. The van der Waals surface area contributed by atoms with E-state index in [4.69, 9.17) is 0 Å². The topological polar surface area (TPSA) is 23.5 Å². The standard InChI is InChI=1S/C11H15F2NO/c1-8(15)9-5-3-4-6-10(9)14(2)7-11(12)13/h3-6,8,11,15H,7H2,1-2H3/t8-/m1/s1. The number of aliphatic hydroxyl groups is 1. The average Bonchev–Trinajstić information content (AvgIpc) is 2.16. The van der Waals surface area contributed by atoms with Crippen molar-refractivity contribution in [2.75, 3.05) is 18.5 Å². The van der Waals surface area contributed by atoms with E-state index in [1.54, 1.807) is 38.2 Å². The molecule has 0 bridgehead atoms. The minimum atomic E-state index is -2.38. The monoisotopic (exact) mass is 215 g/mol. The molecule has 2 nitrogen and oxygen atoms in total.